The molecule has 0 bridgehead atoms. The van der Waals surface area contributed by atoms with Crippen LogP contribution in [0.4, 0.5) is 5.69 Å². The van der Waals surface area contributed by atoms with Crippen molar-refractivity contribution >= 4 is 41.5 Å². The van der Waals surface area contributed by atoms with Crippen LogP contribution in [0.5, 0.6) is 0 Å². The van der Waals surface area contributed by atoms with E-state index >= 15 is 0 Å². The van der Waals surface area contributed by atoms with Crippen LogP contribution in [0.3, 0.4) is 0 Å². The van der Waals surface area contributed by atoms with Crippen LogP contribution in [0.2, 0.25) is 0 Å². The van der Waals surface area contributed by atoms with Gasteiger partial charge < -0.3 is 20.4 Å². The Kier molecular flexibility index (Phi) is 10.0. The van der Waals surface area contributed by atoms with Crippen molar-refractivity contribution in [1.82, 2.24) is 15.5 Å². The van der Waals surface area contributed by atoms with Crippen LogP contribution in [0.1, 0.15) is 37.7 Å². The number of fused-ring (bicyclic) bond motifs is 1. The molecule has 6 nitrogen and oxygen atoms in total. The van der Waals surface area contributed by atoms with Gasteiger partial charge >= 0.3 is 0 Å². The van der Waals surface area contributed by atoms with E-state index in [-0.39, 0.29) is 36.4 Å². The third-order valence-electron chi connectivity index (χ3n) is 5.46. The maximum Gasteiger partial charge on any atom is 0.246 e. The van der Waals surface area contributed by atoms with E-state index in [9.17, 15) is 4.79 Å². The van der Waals surface area contributed by atoms with Gasteiger partial charge in [0.25, 0.3) is 0 Å². The lowest BCUT2D eigenvalue weighted by atomic mass is 10.2. The summed E-state index contributed by atoms with van der Waals surface area (Å²) in [7, 11) is 1.75. The highest BCUT2D eigenvalue weighted by Gasteiger charge is 2.23. The average molecular weight is 499 g/mol. The summed E-state index contributed by atoms with van der Waals surface area (Å²) in [6.45, 7) is 5.50. The Morgan fingerprint density at radius 3 is 2.57 bits per heavy atom. The predicted octanol–water partition coefficient (Wildman–Crippen LogP) is 2.62. The van der Waals surface area contributed by atoms with Gasteiger partial charge in [-0.2, -0.15) is 0 Å². The number of nitrogens with one attached hydrogen (secondary N) is 2. The van der Waals surface area contributed by atoms with E-state index in [1.54, 1.807) is 7.05 Å². The zero-order chi connectivity index (χ0) is 18.9. The first-order valence-electron chi connectivity index (χ1n) is 10.3. The molecule has 0 aliphatic carbocycles. The molecule has 7 heteroatoms. The van der Waals surface area contributed by atoms with Crippen molar-refractivity contribution in [2.75, 3.05) is 51.2 Å². The Bertz CT molecular complexity index is 643. The molecule has 0 aromatic heterocycles. The number of hydrogen-bond acceptors (Lipinski definition) is 3. The lowest BCUT2D eigenvalue weighted by Crippen LogP contribution is -2.45. The molecule has 3 rings (SSSR count). The van der Waals surface area contributed by atoms with Crippen molar-refractivity contribution in [1.29, 1.82) is 0 Å². The summed E-state index contributed by atoms with van der Waals surface area (Å²) in [6.07, 6.45) is 7.44. The van der Waals surface area contributed by atoms with Crippen molar-refractivity contribution in [2.24, 2.45) is 4.99 Å². The third kappa shape index (κ3) is 6.62. The minimum Gasteiger partial charge on any atom is -0.356 e. The molecule has 0 saturated carbocycles. The van der Waals surface area contributed by atoms with Gasteiger partial charge in [-0.15, -0.1) is 24.0 Å². The van der Waals surface area contributed by atoms with Crippen LogP contribution >= 0.6 is 24.0 Å². The van der Waals surface area contributed by atoms with Crippen molar-refractivity contribution in [3.63, 3.8) is 0 Å². The highest BCUT2D eigenvalue weighted by atomic mass is 127. The second-order valence-corrected chi connectivity index (χ2v) is 7.39. The zero-order valence-electron chi connectivity index (χ0n) is 17.0. The number of hydrogen-bond donors (Lipinski definition) is 2. The molecule has 0 spiro atoms. The number of para-hydroxylation sites is 1. The van der Waals surface area contributed by atoms with Crippen molar-refractivity contribution < 1.29 is 4.79 Å². The normalized spacial score (nSPS) is 17.5. The Labute approximate surface area is 186 Å². The molecule has 1 fully saturated rings. The predicted molar refractivity (Wildman–Crippen MR) is 127 cm³/mol. The summed E-state index contributed by atoms with van der Waals surface area (Å²) in [5.74, 6) is 0.791. The van der Waals surface area contributed by atoms with Gasteiger partial charge in [0.05, 0.1) is 6.54 Å². The van der Waals surface area contributed by atoms with Gasteiger partial charge in [-0.05, 0) is 56.9 Å². The number of halogens is 1. The molecule has 1 aromatic carbocycles. The molecular weight excluding hydrogens is 465 g/mol. The first-order chi connectivity index (χ1) is 13.3. The number of guanidine groups is 1. The second-order valence-electron chi connectivity index (χ2n) is 7.39. The molecular formula is C21H34IN5O. The first-order valence-corrected chi connectivity index (χ1v) is 10.3. The second kappa shape index (κ2) is 12.3. The third-order valence-corrected chi connectivity index (χ3v) is 5.46. The van der Waals surface area contributed by atoms with Crippen LogP contribution in [-0.2, 0) is 11.2 Å². The molecule has 0 radical (unpaired) electrons. The van der Waals surface area contributed by atoms with Gasteiger partial charge in [-0.1, -0.05) is 31.0 Å². The lowest BCUT2D eigenvalue weighted by Gasteiger charge is -2.20. The molecule has 2 aliphatic rings. The van der Waals surface area contributed by atoms with Gasteiger partial charge in [-0.3, -0.25) is 9.79 Å². The fraction of sp³-hybridized carbons (Fsp3) is 0.619. The molecule has 1 aromatic rings. The van der Waals surface area contributed by atoms with Gasteiger partial charge in [0, 0.05) is 25.8 Å². The number of benzene rings is 1. The molecule has 0 atom stereocenters. The number of anilines is 1. The number of aliphatic imine (C=N–C) groups is 1. The Morgan fingerprint density at radius 2 is 1.82 bits per heavy atom. The highest BCUT2D eigenvalue weighted by Crippen LogP contribution is 2.27. The number of amides is 1. The first kappa shape index (κ1) is 22.9. The largest absolute Gasteiger partial charge is 0.356 e. The molecule has 2 N–H and O–H groups in total. The van der Waals surface area contributed by atoms with E-state index in [0.717, 1.165) is 38.2 Å². The number of likely N-dealkylation sites (tertiary alicyclic amines) is 1. The van der Waals surface area contributed by atoms with Crippen LogP contribution in [0, 0.1) is 0 Å². The van der Waals surface area contributed by atoms with Crippen LogP contribution < -0.4 is 15.5 Å². The Morgan fingerprint density at radius 1 is 1.07 bits per heavy atom. The SMILES string of the molecule is CN=C(NCCCN1CCCCCC1)NCC(=O)N1CCc2ccccc21.I. The monoisotopic (exact) mass is 499 g/mol. The van der Waals surface area contributed by atoms with Crippen molar-refractivity contribution in [3.8, 4) is 0 Å². The van der Waals surface area contributed by atoms with E-state index in [0.29, 0.717) is 5.96 Å². The standard InChI is InChI=1S/C21H33N5O.HI/c1-22-21(23-12-8-15-25-13-6-2-3-7-14-25)24-17-20(27)26-16-11-18-9-4-5-10-19(18)26;/h4-5,9-10H,2-3,6-8,11-17H2,1H3,(H2,22,23,24);1H. The van der Waals surface area contributed by atoms with Gasteiger partial charge in [0.15, 0.2) is 5.96 Å². The number of carbonyl (C=O) groups excluding carboxylic acids is 1. The van der Waals surface area contributed by atoms with E-state index in [4.69, 9.17) is 0 Å². The molecule has 2 aliphatic heterocycles. The summed E-state index contributed by atoms with van der Waals surface area (Å²) in [4.78, 5) is 21.3. The van der Waals surface area contributed by atoms with Gasteiger partial charge in [0.1, 0.15) is 0 Å². The molecule has 28 heavy (non-hydrogen) atoms. The zero-order valence-corrected chi connectivity index (χ0v) is 19.3. The van der Waals surface area contributed by atoms with E-state index in [1.165, 1.54) is 44.3 Å². The Hall–Kier alpha value is -1.35. The summed E-state index contributed by atoms with van der Waals surface area (Å²) in [5, 5.41) is 6.49. The topological polar surface area (TPSA) is 60.0 Å². The molecule has 1 saturated heterocycles. The molecule has 1 amide bonds. The van der Waals surface area contributed by atoms with Crippen molar-refractivity contribution in [3.05, 3.63) is 29.8 Å². The van der Waals surface area contributed by atoms with Crippen molar-refractivity contribution in [2.45, 2.75) is 38.5 Å². The lowest BCUT2D eigenvalue weighted by molar-refractivity contribution is -0.117. The van der Waals surface area contributed by atoms with Crippen LogP contribution in [0.15, 0.2) is 29.3 Å². The minimum absolute atomic E-state index is 0. The highest BCUT2D eigenvalue weighted by molar-refractivity contribution is 14.0. The summed E-state index contributed by atoms with van der Waals surface area (Å²) < 4.78 is 0. The fourth-order valence-electron chi connectivity index (χ4n) is 3.94. The smallest absolute Gasteiger partial charge is 0.246 e. The number of carbonyl (C=O) groups is 1. The van der Waals surface area contributed by atoms with Gasteiger partial charge in [-0.25, -0.2) is 0 Å². The summed E-state index contributed by atoms with van der Waals surface area (Å²) >= 11 is 0. The number of rotatable bonds is 6. The number of nitrogens with zero attached hydrogens (tertiary/aromatic N) is 3. The maximum absolute atomic E-state index is 12.6. The average Bonchev–Trinajstić information content (AvgIpc) is 2.96. The van der Waals surface area contributed by atoms with E-state index < -0.39 is 0 Å². The van der Waals surface area contributed by atoms with E-state index in [1.807, 2.05) is 23.1 Å². The summed E-state index contributed by atoms with van der Waals surface area (Å²) in [6, 6.07) is 8.14. The van der Waals surface area contributed by atoms with Gasteiger partial charge in [0.2, 0.25) is 5.91 Å². The maximum atomic E-state index is 12.6. The molecule has 2 heterocycles. The summed E-state index contributed by atoms with van der Waals surface area (Å²) in [5.41, 5.74) is 2.30. The van der Waals surface area contributed by atoms with Crippen LogP contribution in [-0.4, -0.2) is 63.1 Å². The minimum atomic E-state index is 0. The van der Waals surface area contributed by atoms with E-state index in [2.05, 4.69) is 26.6 Å². The molecule has 0 unspecified atom stereocenters. The quantitative estimate of drug-likeness (QED) is 0.274. The Balaban J connectivity index is 0.00000280. The van der Waals surface area contributed by atoms with Crippen LogP contribution in [0.25, 0.3) is 0 Å². The fourth-order valence-corrected chi connectivity index (χ4v) is 3.94. The molecule has 156 valence electrons.